The van der Waals surface area contributed by atoms with Gasteiger partial charge in [-0.25, -0.2) is 0 Å². The largest absolute Gasteiger partial charge is 0.377 e. The molecule has 2 aromatic rings. The van der Waals surface area contributed by atoms with Gasteiger partial charge in [0, 0.05) is 16.7 Å². The molecule has 106 valence electrons. The van der Waals surface area contributed by atoms with Crippen molar-refractivity contribution in [3.8, 4) is 0 Å². The zero-order chi connectivity index (χ0) is 14.7. The second-order valence-electron chi connectivity index (χ2n) is 5.29. The highest BCUT2D eigenvalue weighted by atomic mass is 79.9. The Kier molecular flexibility index (Phi) is 4.84. The van der Waals surface area contributed by atoms with Gasteiger partial charge < -0.3 is 11.1 Å². The summed E-state index contributed by atoms with van der Waals surface area (Å²) < 4.78 is 1.08. The second kappa shape index (κ2) is 6.42. The molecule has 0 heterocycles. The first-order chi connectivity index (χ1) is 9.49. The minimum absolute atomic E-state index is 0.128. The molecule has 3 heteroatoms. The van der Waals surface area contributed by atoms with Gasteiger partial charge in [-0.05, 0) is 61.2 Å². The van der Waals surface area contributed by atoms with Gasteiger partial charge in [0.2, 0.25) is 0 Å². The minimum Gasteiger partial charge on any atom is -0.377 e. The highest BCUT2D eigenvalue weighted by Crippen LogP contribution is 2.24. The van der Waals surface area contributed by atoms with Gasteiger partial charge in [-0.3, -0.25) is 0 Å². The number of aryl methyl sites for hydroxylation is 3. The Bertz CT molecular complexity index is 588. The number of anilines is 1. The van der Waals surface area contributed by atoms with Crippen LogP contribution in [0.15, 0.2) is 40.9 Å². The number of nitrogens with two attached hydrogens (primary N) is 1. The fourth-order valence-electron chi connectivity index (χ4n) is 2.28. The Morgan fingerprint density at radius 2 is 1.80 bits per heavy atom. The van der Waals surface area contributed by atoms with Crippen LogP contribution < -0.4 is 11.1 Å². The molecule has 1 unspecified atom stereocenters. The maximum absolute atomic E-state index is 5.94. The number of hydrogen-bond acceptors (Lipinski definition) is 2. The fourth-order valence-corrected chi connectivity index (χ4v) is 2.89. The minimum atomic E-state index is 0.128. The summed E-state index contributed by atoms with van der Waals surface area (Å²) in [5, 5.41) is 3.52. The van der Waals surface area contributed by atoms with E-state index in [-0.39, 0.29) is 6.04 Å². The predicted octanol–water partition coefficient (Wildman–Crippen LogP) is 4.49. The van der Waals surface area contributed by atoms with E-state index in [0.717, 1.165) is 10.2 Å². The molecule has 3 N–H and O–H groups in total. The van der Waals surface area contributed by atoms with E-state index in [9.17, 15) is 0 Å². The predicted molar refractivity (Wildman–Crippen MR) is 90.2 cm³/mol. The van der Waals surface area contributed by atoms with E-state index in [4.69, 9.17) is 5.73 Å². The van der Waals surface area contributed by atoms with Crippen molar-refractivity contribution in [1.82, 2.24) is 0 Å². The zero-order valence-corrected chi connectivity index (χ0v) is 13.8. The molecule has 2 aromatic carbocycles. The number of nitrogens with one attached hydrogen (secondary N) is 1. The van der Waals surface area contributed by atoms with Crippen LogP contribution in [-0.4, -0.2) is 6.54 Å². The Labute approximate surface area is 129 Å². The van der Waals surface area contributed by atoms with Crippen LogP contribution in [0.4, 0.5) is 5.69 Å². The van der Waals surface area contributed by atoms with Crippen LogP contribution in [0.1, 0.15) is 28.3 Å². The zero-order valence-electron chi connectivity index (χ0n) is 12.2. The summed E-state index contributed by atoms with van der Waals surface area (Å²) in [4.78, 5) is 0. The molecule has 0 saturated heterocycles. The van der Waals surface area contributed by atoms with Crippen LogP contribution in [0.3, 0.4) is 0 Å². The molecule has 20 heavy (non-hydrogen) atoms. The van der Waals surface area contributed by atoms with Crippen LogP contribution in [0, 0.1) is 20.8 Å². The smallest absolute Gasteiger partial charge is 0.0636 e. The molecule has 0 spiro atoms. The van der Waals surface area contributed by atoms with Crippen molar-refractivity contribution >= 4 is 21.6 Å². The van der Waals surface area contributed by atoms with Crippen LogP contribution in [0.25, 0.3) is 0 Å². The summed E-state index contributed by atoms with van der Waals surface area (Å²) in [5.74, 6) is 0. The maximum Gasteiger partial charge on any atom is 0.0636 e. The van der Waals surface area contributed by atoms with E-state index in [1.54, 1.807) is 0 Å². The first-order valence-corrected chi connectivity index (χ1v) is 7.60. The number of rotatable bonds is 4. The summed E-state index contributed by atoms with van der Waals surface area (Å²) in [6.07, 6.45) is 0. The highest BCUT2D eigenvalue weighted by molar-refractivity contribution is 9.10. The summed E-state index contributed by atoms with van der Waals surface area (Å²) in [7, 11) is 0. The molecule has 0 amide bonds. The van der Waals surface area contributed by atoms with Crippen LogP contribution >= 0.6 is 15.9 Å². The van der Waals surface area contributed by atoms with Crippen molar-refractivity contribution in [2.24, 2.45) is 5.73 Å². The van der Waals surface area contributed by atoms with Crippen molar-refractivity contribution in [2.45, 2.75) is 26.8 Å². The van der Waals surface area contributed by atoms with Crippen LogP contribution in [0.5, 0.6) is 0 Å². The van der Waals surface area contributed by atoms with Crippen molar-refractivity contribution in [2.75, 3.05) is 11.9 Å². The van der Waals surface area contributed by atoms with Crippen molar-refractivity contribution in [3.63, 3.8) is 0 Å². The molecule has 0 aliphatic carbocycles. The third kappa shape index (κ3) is 3.62. The molecule has 0 radical (unpaired) electrons. The first-order valence-electron chi connectivity index (χ1n) is 6.80. The van der Waals surface area contributed by atoms with Gasteiger partial charge in [0.25, 0.3) is 0 Å². The maximum atomic E-state index is 5.94. The Balaban J connectivity index is 2.26. The second-order valence-corrected chi connectivity index (χ2v) is 6.21. The van der Waals surface area contributed by atoms with Crippen molar-refractivity contribution in [1.29, 1.82) is 0 Å². The van der Waals surface area contributed by atoms with E-state index < -0.39 is 0 Å². The van der Waals surface area contributed by atoms with E-state index >= 15 is 0 Å². The number of hydrogen-bond donors (Lipinski definition) is 2. The van der Waals surface area contributed by atoms with Gasteiger partial charge in [0.05, 0.1) is 6.04 Å². The number of benzene rings is 2. The van der Waals surface area contributed by atoms with Gasteiger partial charge in [0.1, 0.15) is 0 Å². The molecule has 0 aromatic heterocycles. The van der Waals surface area contributed by atoms with Gasteiger partial charge in [0.15, 0.2) is 0 Å². The molecule has 0 saturated carbocycles. The number of halogens is 1. The Morgan fingerprint density at radius 1 is 1.05 bits per heavy atom. The van der Waals surface area contributed by atoms with Crippen molar-refractivity contribution in [3.05, 3.63) is 63.1 Å². The monoisotopic (exact) mass is 332 g/mol. The molecule has 0 aliphatic rings. The van der Waals surface area contributed by atoms with E-state index in [1.807, 2.05) is 0 Å². The quantitative estimate of drug-likeness (QED) is 0.865. The van der Waals surface area contributed by atoms with Gasteiger partial charge in [-0.2, -0.15) is 0 Å². The molecular formula is C17H21BrN2. The van der Waals surface area contributed by atoms with Crippen LogP contribution in [0.2, 0.25) is 0 Å². The SMILES string of the molecule is Cc1cc(Br)cc(NC(CN)c2ccc(C)c(C)c2)c1. The van der Waals surface area contributed by atoms with Gasteiger partial charge in [-0.15, -0.1) is 0 Å². The van der Waals surface area contributed by atoms with E-state index in [1.165, 1.54) is 22.3 Å². The van der Waals surface area contributed by atoms with E-state index in [2.05, 4.69) is 78.4 Å². The third-order valence-electron chi connectivity index (χ3n) is 3.55. The lowest BCUT2D eigenvalue weighted by Gasteiger charge is -2.20. The molecule has 2 rings (SSSR count). The standard InChI is InChI=1S/C17H21BrN2/c1-11-6-15(18)9-16(7-11)20-17(10-19)14-5-4-12(2)13(3)8-14/h4-9,17,20H,10,19H2,1-3H3. The molecule has 1 atom stereocenters. The van der Waals surface area contributed by atoms with Gasteiger partial charge in [-0.1, -0.05) is 34.1 Å². The average molecular weight is 333 g/mol. The summed E-state index contributed by atoms with van der Waals surface area (Å²) in [5.41, 5.74) is 12.1. The Morgan fingerprint density at radius 3 is 2.40 bits per heavy atom. The molecule has 0 aliphatic heterocycles. The topological polar surface area (TPSA) is 38.0 Å². The summed E-state index contributed by atoms with van der Waals surface area (Å²) in [6, 6.07) is 13.0. The fraction of sp³-hybridized carbons (Fsp3) is 0.294. The summed E-state index contributed by atoms with van der Waals surface area (Å²) >= 11 is 3.53. The lowest BCUT2D eigenvalue weighted by atomic mass is 10.0. The highest BCUT2D eigenvalue weighted by Gasteiger charge is 2.10. The first kappa shape index (κ1) is 15.1. The van der Waals surface area contributed by atoms with Crippen molar-refractivity contribution < 1.29 is 0 Å². The molecule has 0 fully saturated rings. The normalized spacial score (nSPS) is 12.2. The lowest BCUT2D eigenvalue weighted by Crippen LogP contribution is -2.20. The molecule has 2 nitrogen and oxygen atoms in total. The van der Waals surface area contributed by atoms with E-state index in [0.29, 0.717) is 6.54 Å². The Hall–Kier alpha value is -1.32. The summed E-state index contributed by atoms with van der Waals surface area (Å²) in [6.45, 7) is 6.91. The van der Waals surface area contributed by atoms with Crippen LogP contribution in [-0.2, 0) is 0 Å². The molecular weight excluding hydrogens is 312 g/mol. The van der Waals surface area contributed by atoms with Gasteiger partial charge >= 0.3 is 0 Å². The molecule has 0 bridgehead atoms. The average Bonchev–Trinajstić information content (AvgIpc) is 2.38. The lowest BCUT2D eigenvalue weighted by molar-refractivity contribution is 0.788. The third-order valence-corrected chi connectivity index (χ3v) is 4.01.